The third-order valence-corrected chi connectivity index (χ3v) is 2.33. The van der Waals surface area contributed by atoms with E-state index in [9.17, 15) is 4.79 Å². The van der Waals surface area contributed by atoms with Crippen molar-refractivity contribution in [3.8, 4) is 0 Å². The van der Waals surface area contributed by atoms with Gasteiger partial charge in [-0.2, -0.15) is 0 Å². The number of rotatable bonds is 3. The quantitative estimate of drug-likeness (QED) is 0.463. The fourth-order valence-electron chi connectivity index (χ4n) is 1.54. The van der Waals surface area contributed by atoms with Crippen LogP contribution in [0.15, 0.2) is 24.3 Å². The highest BCUT2D eigenvalue weighted by molar-refractivity contribution is 5.55. The predicted octanol–water partition coefficient (Wildman–Crippen LogP) is 2.73. The Morgan fingerprint density at radius 1 is 1.33 bits per heavy atom. The van der Waals surface area contributed by atoms with E-state index in [1.165, 1.54) is 0 Å². The molecule has 1 heteroatoms. The number of hydrogen-bond acceptors (Lipinski definition) is 1. The summed E-state index contributed by atoms with van der Waals surface area (Å²) >= 11 is 0. The normalized spacial score (nSPS) is 29.4. The maximum atomic E-state index is 10.7. The number of carbonyl (C=O) groups excluding carboxylic acids is 1. The van der Waals surface area contributed by atoms with Crippen LogP contribution in [-0.2, 0) is 4.79 Å². The monoisotopic (exact) mass is 164 g/mol. The summed E-state index contributed by atoms with van der Waals surface area (Å²) in [6.07, 6.45) is 12.7. The van der Waals surface area contributed by atoms with Crippen molar-refractivity contribution in [3.05, 3.63) is 24.3 Å². The van der Waals surface area contributed by atoms with Crippen LogP contribution in [-0.4, -0.2) is 6.29 Å². The van der Waals surface area contributed by atoms with Crippen LogP contribution in [0.1, 0.15) is 26.2 Å². The topological polar surface area (TPSA) is 17.1 Å². The molecular formula is C11H16O. The zero-order valence-corrected chi connectivity index (χ0v) is 7.57. The Balaban J connectivity index is 2.54. The second kappa shape index (κ2) is 4.91. The first kappa shape index (κ1) is 9.24. The molecule has 1 rings (SSSR count). The van der Waals surface area contributed by atoms with Gasteiger partial charge in [0.2, 0.25) is 0 Å². The van der Waals surface area contributed by atoms with Crippen LogP contribution >= 0.6 is 0 Å². The summed E-state index contributed by atoms with van der Waals surface area (Å²) in [6.45, 7) is 2.12. The third-order valence-electron chi connectivity index (χ3n) is 2.33. The summed E-state index contributed by atoms with van der Waals surface area (Å²) in [5.74, 6) is 0.672. The molecular weight excluding hydrogens is 148 g/mol. The van der Waals surface area contributed by atoms with E-state index in [1.54, 1.807) is 0 Å². The molecule has 12 heavy (non-hydrogen) atoms. The average molecular weight is 164 g/mol. The molecule has 0 bridgehead atoms. The van der Waals surface area contributed by atoms with E-state index >= 15 is 0 Å². The Kier molecular flexibility index (Phi) is 3.78. The molecule has 0 aliphatic heterocycles. The molecule has 2 atom stereocenters. The van der Waals surface area contributed by atoms with Crippen molar-refractivity contribution in [2.24, 2.45) is 11.8 Å². The highest BCUT2D eigenvalue weighted by atomic mass is 16.1. The molecule has 1 aliphatic carbocycles. The van der Waals surface area contributed by atoms with Gasteiger partial charge in [-0.1, -0.05) is 31.2 Å². The van der Waals surface area contributed by atoms with Gasteiger partial charge < -0.3 is 4.79 Å². The Morgan fingerprint density at radius 3 is 2.58 bits per heavy atom. The molecule has 66 valence electrons. The average Bonchev–Trinajstić information content (AvgIpc) is 2.15. The molecule has 0 spiro atoms. The van der Waals surface area contributed by atoms with Crippen molar-refractivity contribution in [2.75, 3.05) is 0 Å². The lowest BCUT2D eigenvalue weighted by Crippen LogP contribution is -2.15. The summed E-state index contributed by atoms with van der Waals surface area (Å²) in [5, 5.41) is 0. The molecule has 0 saturated heterocycles. The van der Waals surface area contributed by atoms with E-state index in [1.807, 2.05) is 0 Å². The fourth-order valence-corrected chi connectivity index (χ4v) is 1.54. The predicted molar refractivity (Wildman–Crippen MR) is 50.8 cm³/mol. The highest BCUT2D eigenvalue weighted by Gasteiger charge is 2.18. The van der Waals surface area contributed by atoms with Crippen LogP contribution in [0, 0.1) is 11.8 Å². The molecule has 0 radical (unpaired) electrons. The van der Waals surface area contributed by atoms with E-state index in [0.717, 1.165) is 25.5 Å². The smallest absolute Gasteiger partial charge is 0.123 e. The Morgan fingerprint density at radius 2 is 2.00 bits per heavy atom. The fraction of sp³-hybridized carbons (Fsp3) is 0.545. The standard InChI is InChI=1S/C11H16O/c1-2-3-6-10-7-4-5-8-11(10)9-12/h3-6,9-11H,2,7-8H2,1H3/b6-3-. The molecule has 1 nitrogen and oxygen atoms in total. The maximum Gasteiger partial charge on any atom is 0.123 e. The lowest BCUT2D eigenvalue weighted by Gasteiger charge is -2.20. The third kappa shape index (κ3) is 2.33. The zero-order chi connectivity index (χ0) is 8.81. The van der Waals surface area contributed by atoms with Crippen molar-refractivity contribution in [1.29, 1.82) is 0 Å². The van der Waals surface area contributed by atoms with Crippen LogP contribution in [0.5, 0.6) is 0 Å². The first-order chi connectivity index (χ1) is 5.88. The van der Waals surface area contributed by atoms with E-state index < -0.39 is 0 Å². The van der Waals surface area contributed by atoms with Gasteiger partial charge in [-0.15, -0.1) is 0 Å². The van der Waals surface area contributed by atoms with Crippen molar-refractivity contribution in [3.63, 3.8) is 0 Å². The summed E-state index contributed by atoms with van der Waals surface area (Å²) < 4.78 is 0. The van der Waals surface area contributed by atoms with Crippen molar-refractivity contribution in [2.45, 2.75) is 26.2 Å². The summed E-state index contributed by atoms with van der Waals surface area (Å²) in [6, 6.07) is 0. The molecule has 0 N–H and O–H groups in total. The van der Waals surface area contributed by atoms with Gasteiger partial charge in [0, 0.05) is 5.92 Å². The number of hydrogen-bond donors (Lipinski definition) is 0. The van der Waals surface area contributed by atoms with Crippen molar-refractivity contribution < 1.29 is 4.79 Å². The summed E-state index contributed by atoms with van der Waals surface area (Å²) in [4.78, 5) is 10.7. The lowest BCUT2D eigenvalue weighted by molar-refractivity contribution is -0.112. The summed E-state index contributed by atoms with van der Waals surface area (Å²) in [7, 11) is 0. The van der Waals surface area contributed by atoms with Crippen LogP contribution in [0.25, 0.3) is 0 Å². The lowest BCUT2D eigenvalue weighted by atomic mass is 9.84. The first-order valence-corrected chi connectivity index (χ1v) is 4.65. The number of aldehydes is 1. The Hall–Kier alpha value is -0.850. The van der Waals surface area contributed by atoms with Crippen LogP contribution in [0.2, 0.25) is 0 Å². The molecule has 0 amide bonds. The van der Waals surface area contributed by atoms with Gasteiger partial charge >= 0.3 is 0 Å². The van der Waals surface area contributed by atoms with Crippen LogP contribution in [0.4, 0.5) is 0 Å². The van der Waals surface area contributed by atoms with Gasteiger partial charge in [-0.3, -0.25) is 0 Å². The summed E-state index contributed by atoms with van der Waals surface area (Å²) in [5.41, 5.74) is 0. The van der Waals surface area contributed by atoms with Gasteiger partial charge in [-0.25, -0.2) is 0 Å². The minimum atomic E-state index is 0.220. The molecule has 0 fully saturated rings. The van der Waals surface area contributed by atoms with Crippen LogP contribution in [0.3, 0.4) is 0 Å². The molecule has 0 heterocycles. The van der Waals surface area contributed by atoms with E-state index in [-0.39, 0.29) is 5.92 Å². The molecule has 1 aliphatic rings. The SMILES string of the molecule is CC/C=C\C1CC=CCC1C=O. The molecule has 0 aromatic heterocycles. The van der Waals surface area contributed by atoms with Crippen molar-refractivity contribution in [1.82, 2.24) is 0 Å². The second-order valence-electron chi connectivity index (χ2n) is 3.24. The van der Waals surface area contributed by atoms with E-state index in [2.05, 4.69) is 31.2 Å². The van der Waals surface area contributed by atoms with Gasteiger partial charge in [0.1, 0.15) is 6.29 Å². The second-order valence-corrected chi connectivity index (χ2v) is 3.24. The van der Waals surface area contributed by atoms with Crippen molar-refractivity contribution >= 4 is 6.29 Å². The minimum Gasteiger partial charge on any atom is -0.303 e. The largest absolute Gasteiger partial charge is 0.303 e. The van der Waals surface area contributed by atoms with Gasteiger partial charge in [0.25, 0.3) is 0 Å². The molecule has 2 unspecified atom stereocenters. The zero-order valence-electron chi connectivity index (χ0n) is 7.57. The van der Waals surface area contributed by atoms with E-state index in [4.69, 9.17) is 0 Å². The Bertz CT molecular complexity index is 191. The maximum absolute atomic E-state index is 10.7. The minimum absolute atomic E-state index is 0.220. The highest BCUT2D eigenvalue weighted by Crippen LogP contribution is 2.24. The molecule has 0 aromatic rings. The van der Waals surface area contributed by atoms with Crippen LogP contribution < -0.4 is 0 Å². The van der Waals surface area contributed by atoms with Gasteiger partial charge in [0.05, 0.1) is 0 Å². The van der Waals surface area contributed by atoms with Gasteiger partial charge in [-0.05, 0) is 25.2 Å². The first-order valence-electron chi connectivity index (χ1n) is 4.65. The van der Waals surface area contributed by atoms with E-state index in [0.29, 0.717) is 5.92 Å². The van der Waals surface area contributed by atoms with Gasteiger partial charge in [0.15, 0.2) is 0 Å². The Labute approximate surface area is 74.2 Å². The number of allylic oxidation sites excluding steroid dienone is 4. The number of carbonyl (C=O) groups is 1. The molecule has 0 aromatic carbocycles. The molecule has 0 saturated carbocycles.